The van der Waals surface area contributed by atoms with Crippen LogP contribution in [0.5, 0.6) is 0 Å². The first-order valence-corrected chi connectivity index (χ1v) is 5.99. The van der Waals surface area contributed by atoms with E-state index in [0.717, 1.165) is 6.07 Å². The summed E-state index contributed by atoms with van der Waals surface area (Å²) in [6, 6.07) is 5.25. The van der Waals surface area contributed by atoms with Crippen LogP contribution in [0.3, 0.4) is 0 Å². The van der Waals surface area contributed by atoms with Crippen molar-refractivity contribution in [2.75, 3.05) is 0 Å². The van der Waals surface area contributed by atoms with Gasteiger partial charge in [0.15, 0.2) is 5.03 Å². The largest absolute Gasteiger partial charge is 0.308 e. The number of hydrazine groups is 1. The zero-order valence-corrected chi connectivity index (χ0v) is 8.96. The molecule has 0 fully saturated rings. The Morgan fingerprint density at radius 3 is 2.56 bits per heavy atom. The van der Waals surface area contributed by atoms with Gasteiger partial charge in [-0.15, -0.1) is 0 Å². The second kappa shape index (κ2) is 3.97. The van der Waals surface area contributed by atoms with E-state index < -0.39 is 15.7 Å². The normalized spacial score (nSPS) is 14.9. The minimum atomic E-state index is -3.83. The van der Waals surface area contributed by atoms with E-state index in [1.54, 1.807) is 0 Å². The van der Waals surface area contributed by atoms with E-state index in [4.69, 9.17) is 0 Å². The predicted molar refractivity (Wildman–Crippen MR) is 57.1 cm³/mol. The maximum absolute atomic E-state index is 13.4. The maximum Gasteiger partial charge on any atom is 0.226 e. The van der Waals surface area contributed by atoms with Crippen molar-refractivity contribution in [3.05, 3.63) is 53.5 Å². The molecule has 2 rings (SSSR count). The third-order valence-electron chi connectivity index (χ3n) is 2.04. The monoisotopic (exact) mass is 240 g/mol. The predicted octanol–water partition coefficient (Wildman–Crippen LogP) is 1.06. The average Bonchev–Trinajstić information content (AvgIpc) is 2.30. The molecular weight excluding hydrogens is 231 g/mol. The Kier molecular flexibility index (Phi) is 2.66. The molecule has 0 spiro atoms. The zero-order valence-electron chi connectivity index (χ0n) is 8.14. The molecule has 0 aromatic heterocycles. The lowest BCUT2D eigenvalue weighted by atomic mass is 10.3. The summed E-state index contributed by atoms with van der Waals surface area (Å²) in [4.78, 5) is -0.342. The molecule has 0 radical (unpaired) electrons. The van der Waals surface area contributed by atoms with Gasteiger partial charge >= 0.3 is 0 Å². The maximum atomic E-state index is 13.4. The molecule has 0 atom stereocenters. The molecule has 16 heavy (non-hydrogen) atoms. The summed E-state index contributed by atoms with van der Waals surface area (Å²) >= 11 is 0. The van der Waals surface area contributed by atoms with E-state index in [1.807, 2.05) is 0 Å². The first-order chi connectivity index (χ1) is 7.62. The van der Waals surface area contributed by atoms with Crippen molar-refractivity contribution in [3.63, 3.8) is 0 Å². The van der Waals surface area contributed by atoms with Gasteiger partial charge in [0.05, 0.1) is 0 Å². The Balaban J connectivity index is 2.51. The van der Waals surface area contributed by atoms with Crippen LogP contribution in [0.2, 0.25) is 0 Å². The number of hydrogen-bond acceptors (Lipinski definition) is 4. The topological polar surface area (TPSA) is 58.2 Å². The van der Waals surface area contributed by atoms with E-state index in [9.17, 15) is 12.8 Å². The van der Waals surface area contributed by atoms with Crippen LogP contribution in [0.15, 0.2) is 52.5 Å². The van der Waals surface area contributed by atoms with Crippen molar-refractivity contribution < 1.29 is 12.8 Å². The third kappa shape index (κ3) is 1.79. The number of benzene rings is 1. The summed E-state index contributed by atoms with van der Waals surface area (Å²) in [5.41, 5.74) is 4.98. The van der Waals surface area contributed by atoms with Crippen LogP contribution in [0.1, 0.15) is 0 Å². The summed E-state index contributed by atoms with van der Waals surface area (Å²) in [7, 11) is -3.83. The lowest BCUT2D eigenvalue weighted by molar-refractivity contribution is 0.566. The fraction of sp³-hybridized carbons (Fsp3) is 0. The van der Waals surface area contributed by atoms with Crippen molar-refractivity contribution in [1.82, 2.24) is 10.9 Å². The Bertz CT molecular complexity index is 564. The zero-order chi connectivity index (χ0) is 11.6. The quantitative estimate of drug-likeness (QED) is 0.811. The molecule has 2 N–H and O–H groups in total. The molecule has 0 amide bonds. The highest BCUT2D eigenvalue weighted by molar-refractivity contribution is 7.95. The molecule has 1 aromatic carbocycles. The Morgan fingerprint density at radius 1 is 1.19 bits per heavy atom. The number of halogens is 1. The summed E-state index contributed by atoms with van der Waals surface area (Å²) in [6.45, 7) is 0. The van der Waals surface area contributed by atoms with E-state index >= 15 is 0 Å². The van der Waals surface area contributed by atoms with Crippen LogP contribution in [0.4, 0.5) is 4.39 Å². The molecule has 1 aromatic rings. The van der Waals surface area contributed by atoms with Crippen LogP contribution >= 0.6 is 0 Å². The summed E-state index contributed by atoms with van der Waals surface area (Å²) in [5, 5.41) is -0.0832. The van der Waals surface area contributed by atoms with E-state index in [0.29, 0.717) is 0 Å². The van der Waals surface area contributed by atoms with E-state index in [-0.39, 0.29) is 9.92 Å². The van der Waals surface area contributed by atoms with E-state index in [2.05, 4.69) is 10.9 Å². The molecule has 1 aliphatic heterocycles. The summed E-state index contributed by atoms with van der Waals surface area (Å²) in [6.07, 6.45) is 4.41. The lowest BCUT2D eigenvalue weighted by Gasteiger charge is -2.14. The van der Waals surface area contributed by atoms with Crippen molar-refractivity contribution in [2.24, 2.45) is 0 Å². The van der Waals surface area contributed by atoms with Crippen molar-refractivity contribution in [2.45, 2.75) is 4.90 Å². The van der Waals surface area contributed by atoms with Gasteiger partial charge in [0.1, 0.15) is 10.7 Å². The number of rotatable bonds is 2. The smallest absolute Gasteiger partial charge is 0.226 e. The van der Waals surface area contributed by atoms with Crippen molar-refractivity contribution in [3.8, 4) is 0 Å². The van der Waals surface area contributed by atoms with Crippen LogP contribution < -0.4 is 10.9 Å². The minimum Gasteiger partial charge on any atom is -0.308 e. The number of nitrogens with one attached hydrogen (secondary N) is 2. The van der Waals surface area contributed by atoms with Gasteiger partial charge in [-0.3, -0.25) is 5.43 Å². The highest BCUT2D eigenvalue weighted by Crippen LogP contribution is 2.20. The minimum absolute atomic E-state index is 0.0832. The molecule has 1 heterocycles. The fourth-order valence-corrected chi connectivity index (χ4v) is 2.55. The molecule has 84 valence electrons. The first kappa shape index (κ1) is 10.7. The van der Waals surface area contributed by atoms with Gasteiger partial charge < -0.3 is 5.43 Å². The van der Waals surface area contributed by atoms with Crippen LogP contribution in [-0.4, -0.2) is 8.42 Å². The fourth-order valence-electron chi connectivity index (χ4n) is 1.28. The molecule has 0 unspecified atom stereocenters. The summed E-state index contributed by atoms with van der Waals surface area (Å²) < 4.78 is 37.3. The standard InChI is InChI=1S/C10H9FN2O2S/c11-8-4-1-2-5-9(8)16(14,15)10-6-3-7-12-13-10/h1-7,12-13H. The highest BCUT2D eigenvalue weighted by atomic mass is 32.2. The van der Waals surface area contributed by atoms with Gasteiger partial charge in [-0.05, 0) is 24.3 Å². The van der Waals surface area contributed by atoms with Crippen LogP contribution in [-0.2, 0) is 9.84 Å². The highest BCUT2D eigenvalue weighted by Gasteiger charge is 2.24. The Hall–Kier alpha value is -1.82. The van der Waals surface area contributed by atoms with Gasteiger partial charge in [0.2, 0.25) is 9.84 Å². The van der Waals surface area contributed by atoms with Gasteiger partial charge in [-0.25, -0.2) is 12.8 Å². The number of sulfone groups is 1. The molecule has 0 saturated heterocycles. The second-order valence-electron chi connectivity index (χ2n) is 3.09. The van der Waals surface area contributed by atoms with Crippen molar-refractivity contribution in [1.29, 1.82) is 0 Å². The number of allylic oxidation sites excluding steroid dienone is 2. The van der Waals surface area contributed by atoms with Gasteiger partial charge in [-0.1, -0.05) is 12.1 Å². The molecule has 4 nitrogen and oxygen atoms in total. The molecule has 1 aliphatic rings. The van der Waals surface area contributed by atoms with Crippen LogP contribution in [0.25, 0.3) is 0 Å². The molecule has 0 bridgehead atoms. The van der Waals surface area contributed by atoms with Gasteiger partial charge in [-0.2, -0.15) is 0 Å². The van der Waals surface area contributed by atoms with Crippen LogP contribution in [0, 0.1) is 5.82 Å². The Morgan fingerprint density at radius 2 is 1.94 bits per heavy atom. The van der Waals surface area contributed by atoms with Gasteiger partial charge in [0, 0.05) is 6.20 Å². The second-order valence-corrected chi connectivity index (χ2v) is 4.98. The number of hydrogen-bond donors (Lipinski definition) is 2. The molecule has 0 aliphatic carbocycles. The van der Waals surface area contributed by atoms with Gasteiger partial charge in [0.25, 0.3) is 0 Å². The SMILES string of the molecule is O=S(=O)(C1=CC=CNN1)c1ccccc1F. The first-order valence-electron chi connectivity index (χ1n) is 4.50. The van der Waals surface area contributed by atoms with E-state index in [1.165, 1.54) is 36.6 Å². The molecule has 0 saturated carbocycles. The summed E-state index contributed by atoms with van der Waals surface area (Å²) in [5.74, 6) is -0.764. The lowest BCUT2D eigenvalue weighted by Crippen LogP contribution is -2.32. The molecular formula is C10H9FN2O2S. The van der Waals surface area contributed by atoms with Crippen molar-refractivity contribution >= 4 is 9.84 Å². The molecule has 6 heteroatoms. The third-order valence-corrected chi connectivity index (χ3v) is 3.77. The average molecular weight is 240 g/mol. The Labute approximate surface area is 92.4 Å².